The van der Waals surface area contributed by atoms with E-state index in [1.165, 1.54) is 0 Å². The van der Waals surface area contributed by atoms with E-state index in [9.17, 15) is 4.79 Å². The Morgan fingerprint density at radius 3 is 2.53 bits per heavy atom. The third-order valence-corrected chi connectivity index (χ3v) is 2.93. The first-order chi connectivity index (χ1) is 9.08. The number of aryl methyl sites for hydroxylation is 1. The minimum Gasteiger partial charge on any atom is -0.379 e. The van der Waals surface area contributed by atoms with Crippen LogP contribution in [-0.4, -0.2) is 34.9 Å². The summed E-state index contributed by atoms with van der Waals surface area (Å²) in [6, 6.07) is 7.45. The number of nitrogens with one attached hydrogen (secondary N) is 2. The predicted octanol–water partition coefficient (Wildman–Crippen LogP) is 2.03. The van der Waals surface area contributed by atoms with Crippen molar-refractivity contribution >= 4 is 11.6 Å². The van der Waals surface area contributed by atoms with Crippen LogP contribution in [-0.2, 0) is 6.54 Å². The topological polar surface area (TPSA) is 61.0 Å². The fraction of sp³-hybridized carbons (Fsp3) is 0.286. The maximum absolute atomic E-state index is 11.7. The lowest BCUT2D eigenvalue weighted by Gasteiger charge is -2.11. The SMILES string of the molecule is Cc1[nH]cnc1CNc1ccc(C(=O)N(C)C)cc1. The molecule has 2 N–H and O–H groups in total. The summed E-state index contributed by atoms with van der Waals surface area (Å²) in [5, 5.41) is 3.28. The third kappa shape index (κ3) is 3.13. The zero-order valence-corrected chi connectivity index (χ0v) is 11.4. The lowest BCUT2D eigenvalue weighted by Crippen LogP contribution is -2.21. The van der Waals surface area contributed by atoms with Gasteiger partial charge in [0.1, 0.15) is 0 Å². The molecule has 0 atom stereocenters. The van der Waals surface area contributed by atoms with E-state index in [4.69, 9.17) is 0 Å². The second kappa shape index (κ2) is 5.56. The number of hydrogen-bond donors (Lipinski definition) is 2. The zero-order valence-electron chi connectivity index (χ0n) is 11.4. The monoisotopic (exact) mass is 258 g/mol. The molecule has 1 amide bonds. The van der Waals surface area contributed by atoms with E-state index in [-0.39, 0.29) is 5.91 Å². The molecule has 1 aromatic heterocycles. The first-order valence-corrected chi connectivity index (χ1v) is 6.12. The molecule has 0 aliphatic rings. The molecule has 5 nitrogen and oxygen atoms in total. The van der Waals surface area contributed by atoms with Crippen LogP contribution in [0.1, 0.15) is 21.7 Å². The van der Waals surface area contributed by atoms with Gasteiger partial charge >= 0.3 is 0 Å². The van der Waals surface area contributed by atoms with E-state index >= 15 is 0 Å². The Balaban J connectivity index is 1.99. The molecule has 0 saturated carbocycles. The van der Waals surface area contributed by atoms with E-state index in [2.05, 4.69) is 15.3 Å². The van der Waals surface area contributed by atoms with Crippen molar-refractivity contribution in [1.82, 2.24) is 14.9 Å². The maximum Gasteiger partial charge on any atom is 0.253 e. The van der Waals surface area contributed by atoms with Gasteiger partial charge in [-0.15, -0.1) is 0 Å². The molecule has 5 heteroatoms. The normalized spacial score (nSPS) is 10.3. The molecule has 1 heterocycles. The molecule has 0 spiro atoms. The fourth-order valence-corrected chi connectivity index (χ4v) is 1.74. The summed E-state index contributed by atoms with van der Waals surface area (Å²) in [4.78, 5) is 20.6. The number of imidazole rings is 1. The number of benzene rings is 1. The number of rotatable bonds is 4. The molecular formula is C14H18N4O. The van der Waals surface area contributed by atoms with Crippen LogP contribution in [0.2, 0.25) is 0 Å². The van der Waals surface area contributed by atoms with Crippen LogP contribution in [0.25, 0.3) is 0 Å². The number of H-pyrrole nitrogens is 1. The Morgan fingerprint density at radius 2 is 2.00 bits per heavy atom. The van der Waals surface area contributed by atoms with Crippen molar-refractivity contribution in [2.75, 3.05) is 19.4 Å². The summed E-state index contributed by atoms with van der Waals surface area (Å²) >= 11 is 0. The standard InChI is InChI=1S/C14H18N4O/c1-10-13(17-9-16-10)8-15-12-6-4-11(5-7-12)14(19)18(2)3/h4-7,9,15H,8H2,1-3H3,(H,16,17). The van der Waals surface area contributed by atoms with E-state index in [1.807, 2.05) is 31.2 Å². The molecule has 0 saturated heterocycles. The molecule has 100 valence electrons. The van der Waals surface area contributed by atoms with Gasteiger partial charge < -0.3 is 15.2 Å². The number of anilines is 1. The summed E-state index contributed by atoms with van der Waals surface area (Å²) < 4.78 is 0. The van der Waals surface area contributed by atoms with Crippen molar-refractivity contribution in [3.8, 4) is 0 Å². The minimum atomic E-state index is 0.00898. The maximum atomic E-state index is 11.7. The molecule has 0 unspecified atom stereocenters. The Morgan fingerprint density at radius 1 is 1.32 bits per heavy atom. The predicted molar refractivity (Wildman–Crippen MR) is 75.1 cm³/mol. The van der Waals surface area contributed by atoms with E-state index < -0.39 is 0 Å². The summed E-state index contributed by atoms with van der Waals surface area (Å²) in [7, 11) is 3.49. The van der Waals surface area contributed by atoms with E-state index in [0.29, 0.717) is 12.1 Å². The fourth-order valence-electron chi connectivity index (χ4n) is 1.74. The summed E-state index contributed by atoms with van der Waals surface area (Å²) in [5.41, 5.74) is 3.71. The molecular weight excluding hydrogens is 240 g/mol. The molecule has 19 heavy (non-hydrogen) atoms. The van der Waals surface area contributed by atoms with Crippen molar-refractivity contribution in [2.45, 2.75) is 13.5 Å². The molecule has 1 aromatic carbocycles. The minimum absolute atomic E-state index is 0.00898. The highest BCUT2D eigenvalue weighted by Gasteiger charge is 2.07. The van der Waals surface area contributed by atoms with Crippen molar-refractivity contribution in [3.05, 3.63) is 47.5 Å². The number of nitrogens with zero attached hydrogens (tertiary/aromatic N) is 2. The molecule has 0 aliphatic heterocycles. The van der Waals surface area contributed by atoms with Gasteiger partial charge in [-0.1, -0.05) is 0 Å². The molecule has 2 aromatic rings. The molecule has 0 radical (unpaired) electrons. The highest BCUT2D eigenvalue weighted by molar-refractivity contribution is 5.94. The number of aromatic nitrogens is 2. The average Bonchev–Trinajstić information content (AvgIpc) is 2.81. The summed E-state index contributed by atoms with van der Waals surface area (Å²) in [5.74, 6) is 0.00898. The Kier molecular flexibility index (Phi) is 3.85. The van der Waals surface area contributed by atoms with E-state index in [1.54, 1.807) is 25.3 Å². The number of carbonyl (C=O) groups is 1. The molecule has 0 bridgehead atoms. The van der Waals surface area contributed by atoms with Crippen LogP contribution in [0, 0.1) is 6.92 Å². The largest absolute Gasteiger partial charge is 0.379 e. The van der Waals surface area contributed by atoms with Gasteiger partial charge in [-0.3, -0.25) is 4.79 Å². The van der Waals surface area contributed by atoms with Crippen LogP contribution in [0.5, 0.6) is 0 Å². The summed E-state index contributed by atoms with van der Waals surface area (Å²) in [6.45, 7) is 2.65. The van der Waals surface area contributed by atoms with Crippen molar-refractivity contribution in [2.24, 2.45) is 0 Å². The Hall–Kier alpha value is -2.30. The smallest absolute Gasteiger partial charge is 0.253 e. The van der Waals surface area contributed by atoms with E-state index in [0.717, 1.165) is 17.1 Å². The van der Waals surface area contributed by atoms with Crippen LogP contribution in [0.15, 0.2) is 30.6 Å². The first kappa shape index (κ1) is 13.1. The van der Waals surface area contributed by atoms with Gasteiger partial charge in [-0.2, -0.15) is 0 Å². The number of amides is 1. The van der Waals surface area contributed by atoms with Gasteiger partial charge in [0, 0.05) is 31.0 Å². The van der Waals surface area contributed by atoms with Crippen LogP contribution < -0.4 is 5.32 Å². The number of carbonyl (C=O) groups excluding carboxylic acids is 1. The lowest BCUT2D eigenvalue weighted by molar-refractivity contribution is 0.0827. The average molecular weight is 258 g/mol. The van der Waals surface area contributed by atoms with Gasteiger partial charge in [-0.25, -0.2) is 4.98 Å². The van der Waals surface area contributed by atoms with Crippen LogP contribution in [0.3, 0.4) is 0 Å². The highest BCUT2D eigenvalue weighted by Crippen LogP contribution is 2.12. The number of aromatic amines is 1. The summed E-state index contributed by atoms with van der Waals surface area (Å²) in [6.07, 6.45) is 1.69. The van der Waals surface area contributed by atoms with Crippen molar-refractivity contribution in [3.63, 3.8) is 0 Å². The zero-order chi connectivity index (χ0) is 13.8. The molecule has 0 fully saturated rings. The van der Waals surface area contributed by atoms with Crippen LogP contribution in [0.4, 0.5) is 5.69 Å². The Bertz CT molecular complexity index is 557. The van der Waals surface area contributed by atoms with Gasteiger partial charge in [0.15, 0.2) is 0 Å². The van der Waals surface area contributed by atoms with Gasteiger partial charge in [0.2, 0.25) is 0 Å². The first-order valence-electron chi connectivity index (χ1n) is 6.12. The molecule has 0 aliphatic carbocycles. The molecule has 2 rings (SSSR count). The van der Waals surface area contributed by atoms with Gasteiger partial charge in [0.05, 0.1) is 18.6 Å². The lowest BCUT2D eigenvalue weighted by atomic mass is 10.2. The quantitative estimate of drug-likeness (QED) is 0.882. The number of hydrogen-bond acceptors (Lipinski definition) is 3. The second-order valence-electron chi connectivity index (χ2n) is 4.60. The van der Waals surface area contributed by atoms with Crippen molar-refractivity contribution < 1.29 is 4.79 Å². The van der Waals surface area contributed by atoms with Crippen LogP contribution >= 0.6 is 0 Å². The van der Waals surface area contributed by atoms with Crippen molar-refractivity contribution in [1.29, 1.82) is 0 Å². The Labute approximate surface area is 112 Å². The van der Waals surface area contributed by atoms with Gasteiger partial charge in [-0.05, 0) is 31.2 Å². The third-order valence-electron chi connectivity index (χ3n) is 2.93. The van der Waals surface area contributed by atoms with Gasteiger partial charge in [0.25, 0.3) is 5.91 Å². The second-order valence-corrected chi connectivity index (χ2v) is 4.60. The highest BCUT2D eigenvalue weighted by atomic mass is 16.2.